The van der Waals surface area contributed by atoms with Gasteiger partial charge >= 0.3 is 5.69 Å². The number of aromatic nitrogens is 4. The molecule has 25 heavy (non-hydrogen) atoms. The van der Waals surface area contributed by atoms with E-state index in [-0.39, 0.29) is 17.6 Å². The molecule has 1 fully saturated rings. The molecular weight excluding hydrogens is 322 g/mol. The zero-order valence-electron chi connectivity index (χ0n) is 13.5. The number of amides is 1. The lowest BCUT2D eigenvalue weighted by molar-refractivity contribution is 0.0951. The molecule has 8 heteroatoms. The van der Waals surface area contributed by atoms with Crippen molar-refractivity contribution in [2.75, 3.05) is 6.54 Å². The fraction of sp³-hybridized carbons (Fsp3) is 0.294. The van der Waals surface area contributed by atoms with Crippen molar-refractivity contribution in [2.24, 2.45) is 0 Å². The fourth-order valence-corrected chi connectivity index (χ4v) is 2.68. The smallest absolute Gasteiger partial charge is 0.346 e. The van der Waals surface area contributed by atoms with Crippen molar-refractivity contribution in [3.8, 4) is 11.6 Å². The summed E-state index contributed by atoms with van der Waals surface area (Å²) in [5.74, 6) is 0.907. The van der Waals surface area contributed by atoms with Crippen molar-refractivity contribution < 1.29 is 9.21 Å². The van der Waals surface area contributed by atoms with Crippen molar-refractivity contribution in [1.82, 2.24) is 24.6 Å². The maximum Gasteiger partial charge on any atom is 0.346 e. The summed E-state index contributed by atoms with van der Waals surface area (Å²) >= 11 is 0. The number of hydrogen-bond acceptors (Lipinski definition) is 5. The number of carbonyl (C=O) groups is 1. The molecule has 3 aromatic heterocycles. The molecule has 1 N–H and O–H groups in total. The van der Waals surface area contributed by atoms with E-state index in [2.05, 4.69) is 15.4 Å². The van der Waals surface area contributed by atoms with Crippen LogP contribution in [0.3, 0.4) is 0 Å². The molecule has 1 saturated carbocycles. The predicted molar refractivity (Wildman–Crippen MR) is 89.0 cm³/mol. The Labute approximate surface area is 143 Å². The zero-order chi connectivity index (χ0) is 17.2. The van der Waals surface area contributed by atoms with E-state index < -0.39 is 0 Å². The van der Waals surface area contributed by atoms with Crippen molar-refractivity contribution in [1.29, 1.82) is 0 Å². The number of carbonyl (C=O) groups excluding carboxylic acids is 1. The Morgan fingerprint density at radius 1 is 1.28 bits per heavy atom. The fourth-order valence-electron chi connectivity index (χ4n) is 2.68. The molecule has 0 bridgehead atoms. The van der Waals surface area contributed by atoms with Crippen molar-refractivity contribution in [3.63, 3.8) is 0 Å². The molecular formula is C17H17N5O3. The van der Waals surface area contributed by atoms with Crippen LogP contribution >= 0.6 is 0 Å². The van der Waals surface area contributed by atoms with Gasteiger partial charge in [-0.2, -0.15) is 0 Å². The summed E-state index contributed by atoms with van der Waals surface area (Å²) in [6.45, 7) is 0.601. The molecule has 0 radical (unpaired) electrons. The van der Waals surface area contributed by atoms with Gasteiger partial charge < -0.3 is 9.73 Å². The molecule has 4 rings (SSSR count). The van der Waals surface area contributed by atoms with Crippen LogP contribution in [0.25, 0.3) is 11.6 Å². The van der Waals surface area contributed by atoms with Gasteiger partial charge in [-0.15, -0.1) is 5.10 Å². The molecule has 0 saturated heterocycles. The van der Waals surface area contributed by atoms with E-state index >= 15 is 0 Å². The molecule has 0 aliphatic heterocycles. The second kappa shape index (κ2) is 6.39. The highest BCUT2D eigenvalue weighted by Crippen LogP contribution is 2.36. The van der Waals surface area contributed by atoms with Crippen molar-refractivity contribution in [2.45, 2.75) is 25.4 Å². The normalized spacial score (nSPS) is 13.8. The number of furan rings is 1. The Balaban J connectivity index is 1.49. The Morgan fingerprint density at radius 3 is 2.76 bits per heavy atom. The van der Waals surface area contributed by atoms with E-state index in [4.69, 9.17) is 4.42 Å². The van der Waals surface area contributed by atoms with Crippen LogP contribution in [-0.2, 0) is 6.54 Å². The van der Waals surface area contributed by atoms with Crippen molar-refractivity contribution in [3.05, 3.63) is 59.0 Å². The van der Waals surface area contributed by atoms with Gasteiger partial charge in [0.05, 0.1) is 12.8 Å². The van der Waals surface area contributed by atoms with Gasteiger partial charge in [0.15, 0.2) is 5.76 Å². The summed E-state index contributed by atoms with van der Waals surface area (Å²) in [5.41, 5.74) is 0.356. The third kappa shape index (κ3) is 3.10. The minimum Gasteiger partial charge on any atom is -0.461 e. The van der Waals surface area contributed by atoms with Crippen LogP contribution in [0.4, 0.5) is 0 Å². The van der Waals surface area contributed by atoms with Crippen LogP contribution in [0.1, 0.15) is 29.2 Å². The third-order valence-corrected chi connectivity index (χ3v) is 4.08. The molecule has 3 aromatic rings. The maximum atomic E-state index is 12.6. The lowest BCUT2D eigenvalue weighted by Crippen LogP contribution is -2.32. The van der Waals surface area contributed by atoms with Crippen LogP contribution in [0.5, 0.6) is 0 Å². The second-order valence-corrected chi connectivity index (χ2v) is 5.90. The molecule has 0 aromatic carbocycles. The van der Waals surface area contributed by atoms with Crippen LogP contribution < -0.4 is 11.0 Å². The molecule has 128 valence electrons. The maximum absolute atomic E-state index is 12.6. The molecule has 1 amide bonds. The van der Waals surface area contributed by atoms with Gasteiger partial charge in [-0.3, -0.25) is 14.3 Å². The highest BCUT2D eigenvalue weighted by molar-refractivity contribution is 5.93. The van der Waals surface area contributed by atoms with Gasteiger partial charge in [0.2, 0.25) is 5.82 Å². The van der Waals surface area contributed by atoms with E-state index in [1.807, 2.05) is 0 Å². The summed E-state index contributed by atoms with van der Waals surface area (Å²) in [4.78, 5) is 28.5. The number of nitrogens with zero attached hydrogens (tertiary/aromatic N) is 4. The first kappa shape index (κ1) is 15.4. The standard InChI is InChI=1S/C17H17N5O3/c23-16(12-5-7-18-8-6-12)19-9-10-21-17(24)22(13-3-4-13)15(20-21)14-2-1-11-25-14/h1-2,5-8,11,13H,3-4,9-10H2,(H,19,23). The molecule has 0 atom stereocenters. The topological polar surface area (TPSA) is 95.0 Å². The van der Waals surface area contributed by atoms with Crippen LogP contribution in [-0.4, -0.2) is 31.8 Å². The average Bonchev–Trinajstić information content (AvgIpc) is 3.21. The van der Waals surface area contributed by atoms with E-state index in [9.17, 15) is 9.59 Å². The first-order valence-electron chi connectivity index (χ1n) is 8.15. The highest BCUT2D eigenvalue weighted by Gasteiger charge is 2.31. The monoisotopic (exact) mass is 339 g/mol. The molecule has 1 aliphatic carbocycles. The quantitative estimate of drug-likeness (QED) is 0.734. The van der Waals surface area contributed by atoms with Gasteiger partial charge in [0, 0.05) is 30.5 Å². The second-order valence-electron chi connectivity index (χ2n) is 5.90. The molecule has 8 nitrogen and oxygen atoms in total. The van der Waals surface area contributed by atoms with E-state index in [1.165, 1.54) is 4.68 Å². The Bertz CT molecular complexity index is 923. The molecule has 3 heterocycles. The largest absolute Gasteiger partial charge is 0.461 e. The Kier molecular flexibility index (Phi) is 3.93. The summed E-state index contributed by atoms with van der Waals surface area (Å²) in [6, 6.07) is 7.02. The highest BCUT2D eigenvalue weighted by atomic mass is 16.3. The third-order valence-electron chi connectivity index (χ3n) is 4.08. The summed E-state index contributed by atoms with van der Waals surface area (Å²) in [6.07, 6.45) is 6.62. The molecule has 1 aliphatic rings. The number of pyridine rings is 1. The minimum absolute atomic E-state index is 0.174. The van der Waals surface area contributed by atoms with Crippen LogP contribution in [0.2, 0.25) is 0 Å². The van der Waals surface area contributed by atoms with E-state index in [0.29, 0.717) is 30.2 Å². The van der Waals surface area contributed by atoms with Gasteiger partial charge in [0.1, 0.15) is 0 Å². The summed E-state index contributed by atoms with van der Waals surface area (Å²) in [5, 5.41) is 7.18. The summed E-state index contributed by atoms with van der Waals surface area (Å²) in [7, 11) is 0. The van der Waals surface area contributed by atoms with Crippen molar-refractivity contribution >= 4 is 5.91 Å². The molecule has 0 unspecified atom stereocenters. The lowest BCUT2D eigenvalue weighted by atomic mass is 10.2. The zero-order valence-corrected chi connectivity index (χ0v) is 13.5. The molecule has 0 spiro atoms. The number of hydrogen-bond donors (Lipinski definition) is 1. The van der Waals surface area contributed by atoms with E-state index in [1.54, 1.807) is 47.5 Å². The van der Waals surface area contributed by atoms with Gasteiger partial charge in [-0.25, -0.2) is 9.48 Å². The Hall–Kier alpha value is -3.16. The van der Waals surface area contributed by atoms with Gasteiger partial charge in [0.25, 0.3) is 5.91 Å². The Morgan fingerprint density at radius 2 is 2.08 bits per heavy atom. The van der Waals surface area contributed by atoms with Gasteiger partial charge in [-0.05, 0) is 37.1 Å². The first-order chi connectivity index (χ1) is 12.2. The first-order valence-corrected chi connectivity index (χ1v) is 8.15. The average molecular weight is 339 g/mol. The summed E-state index contributed by atoms with van der Waals surface area (Å²) < 4.78 is 8.46. The number of rotatable bonds is 6. The van der Waals surface area contributed by atoms with E-state index in [0.717, 1.165) is 12.8 Å². The van der Waals surface area contributed by atoms with Crippen LogP contribution in [0.15, 0.2) is 52.1 Å². The van der Waals surface area contributed by atoms with Gasteiger partial charge in [-0.1, -0.05) is 0 Å². The lowest BCUT2D eigenvalue weighted by Gasteiger charge is -2.04. The SMILES string of the molecule is O=C(NCCn1nc(-c2ccco2)n(C2CC2)c1=O)c1ccncc1. The minimum atomic E-state index is -0.205. The number of nitrogens with one attached hydrogen (secondary N) is 1. The predicted octanol–water partition coefficient (Wildman–Crippen LogP) is 1.46. The van der Waals surface area contributed by atoms with Crippen LogP contribution in [0, 0.1) is 0 Å².